The van der Waals surface area contributed by atoms with E-state index < -0.39 is 11.7 Å². The van der Waals surface area contributed by atoms with Crippen LogP contribution < -0.4 is 0 Å². The van der Waals surface area contributed by atoms with Crippen LogP contribution in [0, 0.1) is 11.3 Å². The largest absolute Gasteiger partial charge is 0.419 e. The molecule has 3 rings (SSSR count). The van der Waals surface area contributed by atoms with Gasteiger partial charge in [0.25, 0.3) is 0 Å². The van der Waals surface area contributed by atoms with Crippen LogP contribution in [-0.2, 0) is 6.18 Å². The van der Waals surface area contributed by atoms with Gasteiger partial charge in [0.15, 0.2) is 0 Å². The van der Waals surface area contributed by atoms with Crippen LogP contribution in [0.4, 0.5) is 13.2 Å². The molecule has 0 spiro atoms. The number of nitriles is 1. The lowest BCUT2D eigenvalue weighted by Crippen LogP contribution is -2.03. The minimum atomic E-state index is -4.43. The van der Waals surface area contributed by atoms with Crippen LogP contribution in [0.5, 0.6) is 0 Å². The Morgan fingerprint density at radius 2 is 1.76 bits per heavy atom. The van der Waals surface area contributed by atoms with Crippen LogP contribution in [0.15, 0.2) is 48.8 Å². The topological polar surface area (TPSA) is 41.6 Å². The van der Waals surface area contributed by atoms with Crippen molar-refractivity contribution in [1.82, 2.24) is 9.78 Å². The fourth-order valence-corrected chi connectivity index (χ4v) is 2.18. The van der Waals surface area contributed by atoms with Crippen molar-refractivity contribution in [2.45, 2.75) is 6.18 Å². The van der Waals surface area contributed by atoms with Crippen LogP contribution in [-0.4, -0.2) is 9.78 Å². The van der Waals surface area contributed by atoms with Gasteiger partial charge in [0.1, 0.15) is 0 Å². The van der Waals surface area contributed by atoms with E-state index in [-0.39, 0.29) is 0 Å². The van der Waals surface area contributed by atoms with E-state index in [0.29, 0.717) is 22.0 Å². The summed E-state index contributed by atoms with van der Waals surface area (Å²) < 4.78 is 39.1. The second kappa shape index (κ2) is 4.63. The molecular formula is C15H8F3N3. The summed E-state index contributed by atoms with van der Waals surface area (Å²) in [5.41, 5.74) is 0.161. The maximum atomic E-state index is 12.7. The highest BCUT2D eigenvalue weighted by Crippen LogP contribution is 2.30. The summed E-state index contributed by atoms with van der Waals surface area (Å²) in [6, 6.07) is 12.3. The molecule has 1 heterocycles. The van der Waals surface area contributed by atoms with Crippen molar-refractivity contribution < 1.29 is 13.2 Å². The number of aromatic nitrogens is 2. The van der Waals surface area contributed by atoms with Crippen molar-refractivity contribution in [2.24, 2.45) is 0 Å². The highest BCUT2D eigenvalue weighted by Gasteiger charge is 2.32. The van der Waals surface area contributed by atoms with Crippen molar-refractivity contribution in [3.05, 3.63) is 59.9 Å². The second-order valence-corrected chi connectivity index (χ2v) is 4.46. The summed E-state index contributed by atoms with van der Waals surface area (Å²) in [7, 11) is 0. The molecule has 0 aliphatic carbocycles. The Balaban J connectivity index is 2.22. The van der Waals surface area contributed by atoms with Crippen LogP contribution in [0.25, 0.3) is 16.5 Å². The summed E-state index contributed by atoms with van der Waals surface area (Å²) >= 11 is 0. The van der Waals surface area contributed by atoms with Crippen molar-refractivity contribution >= 4 is 10.8 Å². The van der Waals surface area contributed by atoms with E-state index in [1.54, 1.807) is 36.4 Å². The van der Waals surface area contributed by atoms with Gasteiger partial charge in [-0.1, -0.05) is 24.3 Å². The molecule has 21 heavy (non-hydrogen) atoms. The zero-order chi connectivity index (χ0) is 15.0. The average molecular weight is 287 g/mol. The minimum absolute atomic E-state index is 0.470. The molecule has 0 radical (unpaired) electrons. The molecule has 2 aromatic carbocycles. The molecule has 0 saturated carbocycles. The highest BCUT2D eigenvalue weighted by molar-refractivity contribution is 5.94. The fourth-order valence-electron chi connectivity index (χ4n) is 2.18. The maximum absolute atomic E-state index is 12.7. The van der Waals surface area contributed by atoms with Crippen LogP contribution in [0.3, 0.4) is 0 Å². The van der Waals surface area contributed by atoms with E-state index in [2.05, 4.69) is 11.2 Å². The first-order valence-electron chi connectivity index (χ1n) is 6.05. The van der Waals surface area contributed by atoms with E-state index in [1.165, 1.54) is 4.68 Å². The Hall–Kier alpha value is -2.81. The molecule has 0 saturated heterocycles. The van der Waals surface area contributed by atoms with Gasteiger partial charge in [0.2, 0.25) is 0 Å². The molecule has 3 aromatic rings. The zero-order valence-electron chi connectivity index (χ0n) is 10.6. The van der Waals surface area contributed by atoms with Gasteiger partial charge in [-0.3, -0.25) is 0 Å². The average Bonchev–Trinajstić information content (AvgIpc) is 2.96. The van der Waals surface area contributed by atoms with Crippen LogP contribution >= 0.6 is 0 Å². The van der Waals surface area contributed by atoms with Gasteiger partial charge >= 0.3 is 6.18 Å². The molecule has 104 valence electrons. The lowest BCUT2D eigenvalue weighted by molar-refractivity contribution is -0.137. The van der Waals surface area contributed by atoms with Gasteiger partial charge in [-0.2, -0.15) is 23.5 Å². The van der Waals surface area contributed by atoms with Crippen molar-refractivity contribution in [1.29, 1.82) is 5.26 Å². The smallest absolute Gasteiger partial charge is 0.240 e. The monoisotopic (exact) mass is 287 g/mol. The summed E-state index contributed by atoms with van der Waals surface area (Å²) in [6.45, 7) is 0. The van der Waals surface area contributed by atoms with Crippen molar-refractivity contribution in [3.8, 4) is 11.8 Å². The summed E-state index contributed by atoms with van der Waals surface area (Å²) in [6.07, 6.45) is -2.71. The summed E-state index contributed by atoms with van der Waals surface area (Å²) in [5.74, 6) is 0. The standard InChI is InChI=1S/C15H8F3N3/c16-15(17,18)11-8-20-21(9-11)14-6-5-10(7-19)12-3-1-2-4-13(12)14/h1-6,8-9H. The second-order valence-electron chi connectivity index (χ2n) is 4.46. The number of rotatable bonds is 1. The Morgan fingerprint density at radius 3 is 2.38 bits per heavy atom. The fraction of sp³-hybridized carbons (Fsp3) is 0.0667. The summed E-state index contributed by atoms with van der Waals surface area (Å²) in [5, 5.41) is 14.2. The molecular weight excluding hydrogens is 279 g/mol. The molecule has 0 fully saturated rings. The number of alkyl halides is 3. The Bertz CT molecular complexity index is 856. The molecule has 3 nitrogen and oxygen atoms in total. The SMILES string of the molecule is N#Cc1ccc(-n2cc(C(F)(F)F)cn2)c2ccccc12. The van der Waals surface area contributed by atoms with Gasteiger partial charge in [-0.05, 0) is 12.1 Å². The van der Waals surface area contributed by atoms with E-state index >= 15 is 0 Å². The van der Waals surface area contributed by atoms with Crippen molar-refractivity contribution in [3.63, 3.8) is 0 Å². The van der Waals surface area contributed by atoms with Crippen LogP contribution in [0.1, 0.15) is 11.1 Å². The van der Waals surface area contributed by atoms with E-state index in [4.69, 9.17) is 5.26 Å². The normalized spacial score (nSPS) is 11.5. The van der Waals surface area contributed by atoms with Gasteiger partial charge in [0, 0.05) is 17.0 Å². The number of halogens is 3. The van der Waals surface area contributed by atoms with Crippen LogP contribution in [0.2, 0.25) is 0 Å². The van der Waals surface area contributed by atoms with Gasteiger partial charge in [0.05, 0.1) is 29.1 Å². The first-order chi connectivity index (χ1) is 10.0. The zero-order valence-corrected chi connectivity index (χ0v) is 10.6. The Morgan fingerprint density at radius 1 is 1.05 bits per heavy atom. The first kappa shape index (κ1) is 13.2. The number of hydrogen-bond donors (Lipinski definition) is 0. The predicted octanol–water partition coefficient (Wildman–Crippen LogP) is 3.92. The number of hydrogen-bond acceptors (Lipinski definition) is 2. The molecule has 0 atom stereocenters. The summed E-state index contributed by atoms with van der Waals surface area (Å²) in [4.78, 5) is 0. The van der Waals surface area contributed by atoms with E-state index in [0.717, 1.165) is 12.4 Å². The lowest BCUT2D eigenvalue weighted by Gasteiger charge is -2.08. The minimum Gasteiger partial charge on any atom is -0.240 e. The van der Waals surface area contributed by atoms with Crippen molar-refractivity contribution in [2.75, 3.05) is 0 Å². The van der Waals surface area contributed by atoms with E-state index in [9.17, 15) is 13.2 Å². The maximum Gasteiger partial charge on any atom is 0.419 e. The number of benzene rings is 2. The lowest BCUT2D eigenvalue weighted by atomic mass is 10.0. The first-order valence-corrected chi connectivity index (χ1v) is 6.05. The third-order valence-corrected chi connectivity index (χ3v) is 3.18. The molecule has 0 bridgehead atoms. The molecule has 0 aliphatic heterocycles. The Labute approximate surface area is 117 Å². The molecule has 0 amide bonds. The predicted molar refractivity (Wildman–Crippen MR) is 70.8 cm³/mol. The highest BCUT2D eigenvalue weighted by atomic mass is 19.4. The quantitative estimate of drug-likeness (QED) is 0.680. The third kappa shape index (κ3) is 2.23. The number of nitrogens with zero attached hydrogens (tertiary/aromatic N) is 3. The molecule has 0 unspecified atom stereocenters. The molecule has 0 aliphatic rings. The molecule has 6 heteroatoms. The van der Waals surface area contributed by atoms with E-state index in [1.807, 2.05) is 0 Å². The molecule has 1 aromatic heterocycles. The molecule has 0 N–H and O–H groups in total. The Kier molecular flexibility index (Phi) is 2.91. The van der Waals surface area contributed by atoms with Gasteiger partial charge < -0.3 is 0 Å². The van der Waals surface area contributed by atoms with Gasteiger partial charge in [-0.15, -0.1) is 0 Å². The van der Waals surface area contributed by atoms with Gasteiger partial charge in [-0.25, -0.2) is 4.68 Å². The third-order valence-electron chi connectivity index (χ3n) is 3.18. The number of fused-ring (bicyclic) bond motifs is 1.